The average molecular weight is 676 g/mol. The van der Waals surface area contributed by atoms with Crippen molar-refractivity contribution in [3.63, 3.8) is 0 Å². The Morgan fingerprint density at radius 1 is 0.264 bits per heavy atom. The zero-order valence-corrected chi connectivity index (χ0v) is 28.5. The summed E-state index contributed by atoms with van der Waals surface area (Å²) in [6.07, 6.45) is 0. The SMILES string of the molecule is c1ccc2cc(-c3ccc(-c4nc(-c5ccc6c(c5)oc5ccccc56)nc(-c5ccc6c7ccccc7c7ccccc7c6c5)n4)cc3)ccc2c1. The molecule has 0 spiro atoms. The van der Waals surface area contributed by atoms with Crippen LogP contribution in [0.1, 0.15) is 0 Å². The third-order valence-electron chi connectivity index (χ3n) is 10.5. The van der Waals surface area contributed by atoms with Crippen LogP contribution in [0, 0.1) is 0 Å². The lowest BCUT2D eigenvalue weighted by Crippen LogP contribution is -2.00. The number of aromatic nitrogens is 3. The van der Waals surface area contributed by atoms with Gasteiger partial charge in [-0.1, -0.05) is 146 Å². The van der Waals surface area contributed by atoms with E-state index in [1.54, 1.807) is 0 Å². The molecule has 0 saturated heterocycles. The molecule has 0 radical (unpaired) electrons. The molecular formula is C49H29N3O. The molecule has 4 heteroatoms. The number of benzene rings is 9. The molecule has 0 unspecified atom stereocenters. The molecule has 4 nitrogen and oxygen atoms in total. The molecule has 0 atom stereocenters. The van der Waals surface area contributed by atoms with Crippen molar-refractivity contribution in [1.82, 2.24) is 15.0 Å². The molecular weight excluding hydrogens is 647 g/mol. The monoisotopic (exact) mass is 675 g/mol. The highest BCUT2D eigenvalue weighted by Crippen LogP contribution is 2.38. The summed E-state index contributed by atoms with van der Waals surface area (Å²) >= 11 is 0. The van der Waals surface area contributed by atoms with Crippen molar-refractivity contribution in [2.45, 2.75) is 0 Å². The molecule has 2 heterocycles. The summed E-state index contributed by atoms with van der Waals surface area (Å²) in [4.78, 5) is 15.4. The molecule has 11 aromatic rings. The summed E-state index contributed by atoms with van der Waals surface area (Å²) in [5, 5.41) is 11.9. The van der Waals surface area contributed by atoms with E-state index in [0.29, 0.717) is 17.5 Å². The predicted octanol–water partition coefficient (Wildman–Crippen LogP) is 13.1. The lowest BCUT2D eigenvalue weighted by Gasteiger charge is -2.13. The fourth-order valence-corrected chi connectivity index (χ4v) is 7.86. The normalized spacial score (nSPS) is 11.8. The molecule has 0 fully saturated rings. The average Bonchev–Trinajstić information content (AvgIpc) is 3.61. The first-order chi connectivity index (χ1) is 26.2. The van der Waals surface area contributed by atoms with Crippen LogP contribution < -0.4 is 0 Å². The van der Waals surface area contributed by atoms with Crippen LogP contribution in [0.3, 0.4) is 0 Å². The van der Waals surface area contributed by atoms with Gasteiger partial charge in [-0.3, -0.25) is 0 Å². The van der Waals surface area contributed by atoms with Crippen LogP contribution in [0.15, 0.2) is 180 Å². The van der Waals surface area contributed by atoms with Gasteiger partial charge in [0.05, 0.1) is 0 Å². The van der Waals surface area contributed by atoms with E-state index >= 15 is 0 Å². The van der Waals surface area contributed by atoms with Gasteiger partial charge in [-0.25, -0.2) is 15.0 Å². The second kappa shape index (κ2) is 11.7. The minimum atomic E-state index is 0.592. The summed E-state index contributed by atoms with van der Waals surface area (Å²) in [7, 11) is 0. The van der Waals surface area contributed by atoms with E-state index in [0.717, 1.165) is 44.2 Å². The van der Waals surface area contributed by atoms with Gasteiger partial charge < -0.3 is 4.42 Å². The van der Waals surface area contributed by atoms with Gasteiger partial charge in [0, 0.05) is 27.5 Å². The standard InChI is InChI=1S/C49H29N3O/c1-2-10-33-27-34(22-19-30(33)9-1)31-17-20-32(21-18-31)47-50-48(52-49(51-47)36-24-26-43-42-15-7-8-16-45(42)53-46(43)29-36)35-23-25-41-39-13-4-3-11-37(39)38-12-5-6-14-40(38)44(41)28-35/h1-29H. The van der Waals surface area contributed by atoms with Crippen LogP contribution in [-0.4, -0.2) is 15.0 Å². The van der Waals surface area contributed by atoms with E-state index in [2.05, 4.69) is 152 Å². The van der Waals surface area contributed by atoms with Crippen molar-refractivity contribution in [2.75, 3.05) is 0 Å². The summed E-state index contributed by atoms with van der Waals surface area (Å²) in [6, 6.07) is 61.8. The van der Waals surface area contributed by atoms with Crippen LogP contribution in [0.5, 0.6) is 0 Å². The van der Waals surface area contributed by atoms with E-state index < -0.39 is 0 Å². The Balaban J connectivity index is 1.09. The first-order valence-corrected chi connectivity index (χ1v) is 17.8. The Morgan fingerprint density at radius 3 is 1.42 bits per heavy atom. The predicted molar refractivity (Wildman–Crippen MR) is 219 cm³/mol. The molecule has 11 rings (SSSR count). The van der Waals surface area contributed by atoms with Gasteiger partial charge in [-0.15, -0.1) is 0 Å². The van der Waals surface area contributed by atoms with Crippen LogP contribution in [-0.2, 0) is 0 Å². The van der Waals surface area contributed by atoms with E-state index in [-0.39, 0.29) is 0 Å². The number of nitrogens with zero attached hydrogens (tertiary/aromatic N) is 3. The second-order valence-electron chi connectivity index (χ2n) is 13.6. The van der Waals surface area contributed by atoms with Gasteiger partial charge in [-0.05, 0) is 84.5 Å². The van der Waals surface area contributed by atoms with Gasteiger partial charge in [-0.2, -0.15) is 0 Å². The third-order valence-corrected chi connectivity index (χ3v) is 10.5. The molecule has 0 amide bonds. The Kier molecular flexibility index (Phi) is 6.52. The second-order valence-corrected chi connectivity index (χ2v) is 13.6. The van der Waals surface area contributed by atoms with E-state index in [1.807, 2.05) is 24.3 Å². The molecule has 0 bridgehead atoms. The molecule has 246 valence electrons. The maximum absolute atomic E-state index is 6.28. The Hall–Kier alpha value is -7.17. The lowest BCUT2D eigenvalue weighted by molar-refractivity contribution is 0.669. The zero-order valence-electron chi connectivity index (χ0n) is 28.5. The first-order valence-electron chi connectivity index (χ1n) is 17.8. The summed E-state index contributed by atoms with van der Waals surface area (Å²) in [5.74, 6) is 1.82. The third kappa shape index (κ3) is 4.88. The topological polar surface area (TPSA) is 51.8 Å². The van der Waals surface area contributed by atoms with E-state index in [4.69, 9.17) is 19.4 Å². The lowest BCUT2D eigenvalue weighted by atomic mass is 9.93. The highest BCUT2D eigenvalue weighted by atomic mass is 16.3. The number of fused-ring (bicyclic) bond motifs is 10. The van der Waals surface area contributed by atoms with Crippen molar-refractivity contribution in [3.05, 3.63) is 176 Å². The molecule has 0 saturated carbocycles. The van der Waals surface area contributed by atoms with Gasteiger partial charge >= 0.3 is 0 Å². The van der Waals surface area contributed by atoms with Crippen LogP contribution in [0.25, 0.3) is 110 Å². The number of rotatable bonds is 4. The summed E-state index contributed by atoms with van der Waals surface area (Å²) in [5.41, 5.74) is 6.68. The smallest absolute Gasteiger partial charge is 0.164 e. The summed E-state index contributed by atoms with van der Waals surface area (Å²) in [6.45, 7) is 0. The fraction of sp³-hybridized carbons (Fsp3) is 0. The molecule has 0 N–H and O–H groups in total. The van der Waals surface area contributed by atoms with Crippen molar-refractivity contribution in [2.24, 2.45) is 0 Å². The van der Waals surface area contributed by atoms with Crippen molar-refractivity contribution >= 4 is 65.0 Å². The Morgan fingerprint density at radius 2 is 0.717 bits per heavy atom. The molecule has 0 aliphatic carbocycles. The minimum Gasteiger partial charge on any atom is -0.456 e. The minimum absolute atomic E-state index is 0.592. The molecule has 2 aromatic heterocycles. The van der Waals surface area contributed by atoms with E-state index in [9.17, 15) is 0 Å². The van der Waals surface area contributed by atoms with Crippen LogP contribution in [0.2, 0.25) is 0 Å². The van der Waals surface area contributed by atoms with Crippen LogP contribution in [0.4, 0.5) is 0 Å². The fourth-order valence-electron chi connectivity index (χ4n) is 7.86. The molecule has 53 heavy (non-hydrogen) atoms. The molecule has 9 aromatic carbocycles. The highest BCUT2D eigenvalue weighted by molar-refractivity contribution is 6.25. The van der Waals surface area contributed by atoms with Crippen molar-refractivity contribution in [1.29, 1.82) is 0 Å². The van der Waals surface area contributed by atoms with Crippen molar-refractivity contribution in [3.8, 4) is 45.3 Å². The largest absolute Gasteiger partial charge is 0.456 e. The maximum atomic E-state index is 6.28. The van der Waals surface area contributed by atoms with Crippen molar-refractivity contribution < 1.29 is 4.42 Å². The van der Waals surface area contributed by atoms with Crippen LogP contribution >= 0.6 is 0 Å². The number of hydrogen-bond acceptors (Lipinski definition) is 4. The van der Waals surface area contributed by atoms with Gasteiger partial charge in [0.15, 0.2) is 17.5 Å². The maximum Gasteiger partial charge on any atom is 0.164 e. The highest BCUT2D eigenvalue weighted by Gasteiger charge is 2.17. The van der Waals surface area contributed by atoms with Gasteiger partial charge in [0.2, 0.25) is 0 Å². The van der Waals surface area contributed by atoms with Gasteiger partial charge in [0.25, 0.3) is 0 Å². The first kappa shape index (κ1) is 29.5. The molecule has 0 aliphatic rings. The number of hydrogen-bond donors (Lipinski definition) is 0. The molecule has 0 aliphatic heterocycles. The summed E-state index contributed by atoms with van der Waals surface area (Å²) < 4.78 is 6.28. The zero-order chi connectivity index (χ0) is 34.9. The Bertz CT molecular complexity index is 3200. The number of furan rings is 1. The number of para-hydroxylation sites is 1. The van der Waals surface area contributed by atoms with E-state index in [1.165, 1.54) is 48.7 Å². The van der Waals surface area contributed by atoms with Gasteiger partial charge in [0.1, 0.15) is 11.2 Å². The Labute approximate surface area is 304 Å². The quantitative estimate of drug-likeness (QED) is 0.174.